The summed E-state index contributed by atoms with van der Waals surface area (Å²) in [6.45, 7) is 4.58. The lowest BCUT2D eigenvalue weighted by Gasteiger charge is -2.12. The van der Waals surface area contributed by atoms with Crippen molar-refractivity contribution in [3.63, 3.8) is 0 Å². The highest BCUT2D eigenvalue weighted by molar-refractivity contribution is 7.26. The fraction of sp³-hybridized carbons (Fsp3) is 0.538. The zero-order valence-corrected chi connectivity index (χ0v) is 11.1. The molecule has 2 rings (SSSR count). The van der Waals surface area contributed by atoms with Crippen LogP contribution >= 0.6 is 22.7 Å². The molecule has 0 radical (unpaired) electrons. The fourth-order valence-corrected chi connectivity index (χ4v) is 4.40. The minimum atomic E-state index is 0.810. The van der Waals surface area contributed by atoms with Gasteiger partial charge in [-0.1, -0.05) is 26.7 Å². The molecule has 0 nitrogen and oxygen atoms in total. The molecule has 2 heterocycles. The molecule has 0 aromatic carbocycles. The van der Waals surface area contributed by atoms with E-state index >= 15 is 0 Å². The molecule has 0 saturated carbocycles. The summed E-state index contributed by atoms with van der Waals surface area (Å²) in [5.41, 5.74) is 0. The highest BCUT2D eigenvalue weighted by Crippen LogP contribution is 2.37. The summed E-state index contributed by atoms with van der Waals surface area (Å²) < 4.78 is 2.96. The molecule has 15 heavy (non-hydrogen) atoms. The zero-order chi connectivity index (χ0) is 10.7. The summed E-state index contributed by atoms with van der Waals surface area (Å²) in [6, 6.07) is 4.67. The first-order valence-corrected chi connectivity index (χ1v) is 7.51. The van der Waals surface area contributed by atoms with Crippen molar-refractivity contribution in [3.05, 3.63) is 22.4 Å². The van der Waals surface area contributed by atoms with Gasteiger partial charge in [-0.25, -0.2) is 0 Å². The molecule has 0 bridgehead atoms. The van der Waals surface area contributed by atoms with Crippen molar-refractivity contribution in [2.45, 2.75) is 45.4 Å². The highest BCUT2D eigenvalue weighted by atomic mass is 32.1. The van der Waals surface area contributed by atoms with Gasteiger partial charge in [0.1, 0.15) is 0 Å². The van der Waals surface area contributed by atoms with Gasteiger partial charge in [0.05, 0.1) is 0 Å². The first-order valence-electron chi connectivity index (χ1n) is 5.82. The Morgan fingerprint density at radius 2 is 1.87 bits per heavy atom. The zero-order valence-electron chi connectivity index (χ0n) is 9.45. The number of rotatable bonds is 5. The molecule has 0 aliphatic rings. The Balaban J connectivity index is 2.22. The van der Waals surface area contributed by atoms with Crippen molar-refractivity contribution in [1.82, 2.24) is 0 Å². The average molecular weight is 238 g/mol. The SMILES string of the molecule is CCCC(CCC)c1cc2sccc2s1. The maximum Gasteiger partial charge on any atom is 0.0453 e. The van der Waals surface area contributed by atoms with Gasteiger partial charge < -0.3 is 0 Å². The molecule has 2 aromatic heterocycles. The third-order valence-electron chi connectivity index (χ3n) is 2.84. The van der Waals surface area contributed by atoms with Crippen molar-refractivity contribution < 1.29 is 0 Å². The van der Waals surface area contributed by atoms with E-state index in [1.54, 1.807) is 4.88 Å². The summed E-state index contributed by atoms with van der Waals surface area (Å²) in [6.07, 6.45) is 5.30. The number of hydrogen-bond acceptors (Lipinski definition) is 2. The minimum Gasteiger partial charge on any atom is -0.143 e. The fourth-order valence-electron chi connectivity index (χ4n) is 2.11. The average Bonchev–Trinajstić information content (AvgIpc) is 2.76. The van der Waals surface area contributed by atoms with Gasteiger partial charge in [0.15, 0.2) is 0 Å². The van der Waals surface area contributed by atoms with Crippen LogP contribution in [0.2, 0.25) is 0 Å². The quantitative estimate of drug-likeness (QED) is 0.631. The molecule has 0 aliphatic heterocycles. The van der Waals surface area contributed by atoms with E-state index in [1.165, 1.54) is 35.1 Å². The molecule has 0 fully saturated rings. The molecular formula is C13H18S2. The lowest BCUT2D eigenvalue weighted by Crippen LogP contribution is -1.94. The highest BCUT2D eigenvalue weighted by Gasteiger charge is 2.13. The molecule has 0 N–H and O–H groups in total. The van der Waals surface area contributed by atoms with Crippen LogP contribution in [0.1, 0.15) is 50.3 Å². The van der Waals surface area contributed by atoms with Crippen LogP contribution in [-0.4, -0.2) is 0 Å². The van der Waals surface area contributed by atoms with Crippen LogP contribution in [0.5, 0.6) is 0 Å². The standard InChI is InChI=1S/C13H18S2/c1-3-5-10(6-4-2)12-9-13-11(15-12)7-8-14-13/h7-10H,3-6H2,1-2H3. The summed E-state index contributed by atoms with van der Waals surface area (Å²) in [5.74, 6) is 0.810. The smallest absolute Gasteiger partial charge is 0.0453 e. The maximum atomic E-state index is 2.42. The first kappa shape index (κ1) is 11.2. The topological polar surface area (TPSA) is 0 Å². The lowest BCUT2D eigenvalue weighted by molar-refractivity contribution is 0.569. The lowest BCUT2D eigenvalue weighted by atomic mass is 9.97. The van der Waals surface area contributed by atoms with Crippen LogP contribution < -0.4 is 0 Å². The van der Waals surface area contributed by atoms with Gasteiger partial charge in [-0.2, -0.15) is 0 Å². The molecule has 0 aliphatic carbocycles. The van der Waals surface area contributed by atoms with Crippen LogP contribution in [0, 0.1) is 0 Å². The van der Waals surface area contributed by atoms with E-state index in [0.29, 0.717) is 0 Å². The number of thiophene rings is 2. The van der Waals surface area contributed by atoms with Gasteiger partial charge in [-0.15, -0.1) is 22.7 Å². The molecule has 0 amide bonds. The van der Waals surface area contributed by atoms with E-state index < -0.39 is 0 Å². The van der Waals surface area contributed by atoms with Gasteiger partial charge >= 0.3 is 0 Å². The van der Waals surface area contributed by atoms with Crippen molar-refractivity contribution >= 4 is 32.1 Å². The molecule has 0 atom stereocenters. The molecular weight excluding hydrogens is 220 g/mol. The molecule has 0 unspecified atom stereocenters. The molecule has 2 aromatic rings. The summed E-state index contributed by atoms with van der Waals surface area (Å²) in [4.78, 5) is 1.61. The molecule has 0 spiro atoms. The summed E-state index contributed by atoms with van der Waals surface area (Å²) in [5, 5.41) is 2.19. The van der Waals surface area contributed by atoms with Gasteiger partial charge in [-0.05, 0) is 36.3 Å². The minimum absolute atomic E-state index is 0.810. The van der Waals surface area contributed by atoms with Crippen LogP contribution in [0.25, 0.3) is 9.40 Å². The van der Waals surface area contributed by atoms with Crippen molar-refractivity contribution in [3.8, 4) is 0 Å². The second-order valence-corrected chi connectivity index (χ2v) is 6.14. The van der Waals surface area contributed by atoms with Gasteiger partial charge in [-0.3, -0.25) is 0 Å². The Kier molecular flexibility index (Phi) is 3.81. The predicted molar refractivity (Wildman–Crippen MR) is 72.3 cm³/mol. The first-order chi connectivity index (χ1) is 7.35. The van der Waals surface area contributed by atoms with E-state index in [0.717, 1.165) is 5.92 Å². The Morgan fingerprint density at radius 1 is 1.13 bits per heavy atom. The van der Waals surface area contributed by atoms with Crippen molar-refractivity contribution in [2.24, 2.45) is 0 Å². The second kappa shape index (κ2) is 5.13. The Hall–Kier alpha value is -0.340. The normalized spacial score (nSPS) is 11.7. The molecule has 0 saturated heterocycles. The van der Waals surface area contributed by atoms with Crippen LogP contribution in [0.3, 0.4) is 0 Å². The van der Waals surface area contributed by atoms with E-state index in [4.69, 9.17) is 0 Å². The third kappa shape index (κ3) is 2.43. The predicted octanol–water partition coefficient (Wildman–Crippen LogP) is 5.65. The van der Waals surface area contributed by atoms with Crippen molar-refractivity contribution in [1.29, 1.82) is 0 Å². The maximum absolute atomic E-state index is 2.42. The summed E-state index contributed by atoms with van der Waals surface area (Å²) in [7, 11) is 0. The van der Waals surface area contributed by atoms with E-state index in [2.05, 4.69) is 31.4 Å². The van der Waals surface area contributed by atoms with Crippen molar-refractivity contribution in [2.75, 3.05) is 0 Å². The van der Waals surface area contributed by atoms with Gasteiger partial charge in [0.25, 0.3) is 0 Å². The Morgan fingerprint density at radius 3 is 2.47 bits per heavy atom. The molecule has 2 heteroatoms. The van der Waals surface area contributed by atoms with Crippen LogP contribution in [-0.2, 0) is 0 Å². The second-order valence-electron chi connectivity index (χ2n) is 4.07. The summed E-state index contributed by atoms with van der Waals surface area (Å²) >= 11 is 3.87. The third-order valence-corrected chi connectivity index (χ3v) is 5.09. The Bertz CT molecular complexity index is 376. The van der Waals surface area contributed by atoms with E-state index in [9.17, 15) is 0 Å². The van der Waals surface area contributed by atoms with Crippen LogP contribution in [0.15, 0.2) is 17.5 Å². The number of fused-ring (bicyclic) bond motifs is 1. The largest absolute Gasteiger partial charge is 0.143 e. The molecule has 82 valence electrons. The van der Waals surface area contributed by atoms with E-state index in [-0.39, 0.29) is 0 Å². The Labute approximate surface area is 99.9 Å². The van der Waals surface area contributed by atoms with E-state index in [1.807, 2.05) is 22.7 Å². The monoisotopic (exact) mass is 238 g/mol. The number of hydrogen-bond donors (Lipinski definition) is 0. The van der Waals surface area contributed by atoms with Crippen LogP contribution in [0.4, 0.5) is 0 Å². The van der Waals surface area contributed by atoms with Gasteiger partial charge in [0, 0.05) is 14.3 Å². The van der Waals surface area contributed by atoms with Gasteiger partial charge in [0.2, 0.25) is 0 Å².